The summed E-state index contributed by atoms with van der Waals surface area (Å²) in [6.45, 7) is 1.25. The second-order valence-electron chi connectivity index (χ2n) is 6.32. The molecule has 8 nitrogen and oxygen atoms in total. The standard InChI is InChI=1S/C20H16N4O4/c1-11-7-8-13(12-5-3-2-4-6-12)16-15(11)18(27)17(20(28)21-9-14(25)26)24-19(16)22-10-23-24/h2-8,10,27H,9H2,1H3,(H,21,28)(H,25,26). The summed E-state index contributed by atoms with van der Waals surface area (Å²) >= 11 is 0. The lowest BCUT2D eigenvalue weighted by molar-refractivity contribution is -0.135. The number of carboxylic acids is 1. The number of carbonyl (C=O) groups is 2. The van der Waals surface area contributed by atoms with Gasteiger partial charge in [-0.1, -0.05) is 42.5 Å². The van der Waals surface area contributed by atoms with Gasteiger partial charge in [-0.05, 0) is 23.6 Å². The van der Waals surface area contributed by atoms with E-state index in [1.54, 1.807) is 0 Å². The molecule has 3 N–H and O–H groups in total. The van der Waals surface area contributed by atoms with Crippen molar-refractivity contribution in [3.8, 4) is 16.9 Å². The minimum Gasteiger partial charge on any atom is -0.505 e. The third-order valence-electron chi connectivity index (χ3n) is 4.56. The van der Waals surface area contributed by atoms with Crippen molar-refractivity contribution in [1.82, 2.24) is 19.9 Å². The van der Waals surface area contributed by atoms with Crippen molar-refractivity contribution in [3.05, 3.63) is 60.0 Å². The van der Waals surface area contributed by atoms with Gasteiger partial charge in [0, 0.05) is 10.8 Å². The Hall–Kier alpha value is -3.94. The molecule has 0 saturated heterocycles. The highest BCUT2D eigenvalue weighted by Crippen LogP contribution is 2.39. The van der Waals surface area contributed by atoms with Crippen LogP contribution in [0.2, 0.25) is 0 Å². The fourth-order valence-electron chi connectivity index (χ4n) is 3.34. The van der Waals surface area contributed by atoms with Crippen molar-refractivity contribution >= 4 is 28.3 Å². The average Bonchev–Trinajstić information content (AvgIpc) is 3.16. The van der Waals surface area contributed by atoms with Crippen molar-refractivity contribution in [2.24, 2.45) is 0 Å². The highest BCUT2D eigenvalue weighted by atomic mass is 16.4. The molecule has 4 rings (SSSR count). The number of nitrogens with one attached hydrogen (secondary N) is 1. The van der Waals surface area contributed by atoms with Crippen LogP contribution in [0.1, 0.15) is 16.1 Å². The quantitative estimate of drug-likeness (QED) is 0.503. The van der Waals surface area contributed by atoms with Gasteiger partial charge in [0.25, 0.3) is 5.91 Å². The van der Waals surface area contributed by atoms with Gasteiger partial charge in [-0.15, -0.1) is 0 Å². The smallest absolute Gasteiger partial charge is 0.322 e. The molecule has 0 atom stereocenters. The largest absolute Gasteiger partial charge is 0.505 e. The molecule has 0 spiro atoms. The predicted molar refractivity (Wildman–Crippen MR) is 102 cm³/mol. The minimum absolute atomic E-state index is 0.158. The minimum atomic E-state index is -1.19. The number of pyridine rings is 1. The lowest BCUT2D eigenvalue weighted by atomic mass is 9.95. The Kier molecular flexibility index (Phi) is 4.15. The summed E-state index contributed by atoms with van der Waals surface area (Å²) in [5, 5.41) is 27.3. The van der Waals surface area contributed by atoms with Gasteiger partial charge in [0.05, 0.1) is 0 Å². The van der Waals surface area contributed by atoms with E-state index < -0.39 is 18.4 Å². The molecule has 8 heteroatoms. The number of nitrogens with zero attached hydrogens (tertiary/aromatic N) is 3. The molecule has 0 unspecified atom stereocenters. The van der Waals surface area contributed by atoms with E-state index in [4.69, 9.17) is 5.11 Å². The molecule has 0 radical (unpaired) electrons. The van der Waals surface area contributed by atoms with Crippen LogP contribution in [0.15, 0.2) is 48.8 Å². The number of carboxylic acid groups (broad SMARTS) is 1. The fourth-order valence-corrected chi connectivity index (χ4v) is 3.34. The molecule has 0 aliphatic rings. The molecule has 28 heavy (non-hydrogen) atoms. The van der Waals surface area contributed by atoms with E-state index in [1.165, 1.54) is 10.8 Å². The monoisotopic (exact) mass is 376 g/mol. The Morgan fingerprint density at radius 2 is 1.86 bits per heavy atom. The zero-order valence-electron chi connectivity index (χ0n) is 14.9. The van der Waals surface area contributed by atoms with E-state index in [9.17, 15) is 14.7 Å². The molecule has 2 aromatic carbocycles. The number of aromatic hydroxyl groups is 1. The predicted octanol–water partition coefficient (Wildman–Crippen LogP) is 2.38. The van der Waals surface area contributed by atoms with Crippen LogP contribution in [0.25, 0.3) is 27.5 Å². The maximum Gasteiger partial charge on any atom is 0.322 e. The van der Waals surface area contributed by atoms with Crippen LogP contribution in [0.5, 0.6) is 5.75 Å². The molecule has 2 aromatic heterocycles. The summed E-state index contributed by atoms with van der Waals surface area (Å²) in [5.41, 5.74) is 2.77. The van der Waals surface area contributed by atoms with Crippen molar-refractivity contribution < 1.29 is 19.8 Å². The van der Waals surface area contributed by atoms with Crippen LogP contribution in [-0.2, 0) is 4.79 Å². The summed E-state index contributed by atoms with van der Waals surface area (Å²) in [6, 6.07) is 13.4. The van der Waals surface area contributed by atoms with E-state index >= 15 is 0 Å². The number of benzene rings is 2. The van der Waals surface area contributed by atoms with Gasteiger partial charge in [-0.3, -0.25) is 9.59 Å². The van der Waals surface area contributed by atoms with Crippen molar-refractivity contribution in [1.29, 1.82) is 0 Å². The molecular formula is C20H16N4O4. The molecule has 140 valence electrons. The fraction of sp³-hybridized carbons (Fsp3) is 0.100. The first-order valence-corrected chi connectivity index (χ1v) is 8.52. The van der Waals surface area contributed by atoms with Crippen LogP contribution in [-0.4, -0.2) is 43.2 Å². The second-order valence-corrected chi connectivity index (χ2v) is 6.32. The number of hydrogen-bond donors (Lipinski definition) is 3. The number of carbonyl (C=O) groups excluding carboxylic acids is 1. The lowest BCUT2D eigenvalue weighted by Crippen LogP contribution is -2.31. The summed E-state index contributed by atoms with van der Waals surface area (Å²) in [7, 11) is 0. The van der Waals surface area contributed by atoms with Gasteiger partial charge >= 0.3 is 5.97 Å². The van der Waals surface area contributed by atoms with Crippen LogP contribution in [0.4, 0.5) is 0 Å². The third kappa shape index (κ3) is 2.71. The van der Waals surface area contributed by atoms with Gasteiger partial charge in [0.2, 0.25) is 0 Å². The molecule has 1 amide bonds. The molecule has 0 bridgehead atoms. The summed E-state index contributed by atoms with van der Waals surface area (Å²) in [6.07, 6.45) is 1.29. The zero-order chi connectivity index (χ0) is 19.8. The van der Waals surface area contributed by atoms with Crippen molar-refractivity contribution in [2.75, 3.05) is 6.54 Å². The summed E-state index contributed by atoms with van der Waals surface area (Å²) < 4.78 is 1.24. The average molecular weight is 376 g/mol. The maximum atomic E-state index is 12.6. The number of rotatable bonds is 4. The zero-order valence-corrected chi connectivity index (χ0v) is 14.9. The van der Waals surface area contributed by atoms with Crippen LogP contribution in [0.3, 0.4) is 0 Å². The Morgan fingerprint density at radius 1 is 1.11 bits per heavy atom. The highest BCUT2D eigenvalue weighted by molar-refractivity contribution is 6.13. The van der Waals surface area contributed by atoms with Crippen LogP contribution in [0, 0.1) is 6.92 Å². The van der Waals surface area contributed by atoms with Gasteiger partial charge in [-0.2, -0.15) is 5.10 Å². The lowest BCUT2D eigenvalue weighted by Gasteiger charge is -2.15. The number of amides is 1. The normalized spacial score (nSPS) is 11.0. The molecule has 0 aliphatic heterocycles. The van der Waals surface area contributed by atoms with E-state index in [1.807, 2.05) is 49.4 Å². The summed E-state index contributed by atoms with van der Waals surface area (Å²) in [4.78, 5) is 27.7. The number of aryl methyl sites for hydroxylation is 1. The van der Waals surface area contributed by atoms with Crippen molar-refractivity contribution in [3.63, 3.8) is 0 Å². The molecule has 4 aromatic rings. The molecular weight excluding hydrogens is 360 g/mol. The van der Waals surface area contributed by atoms with E-state index in [0.29, 0.717) is 16.4 Å². The Balaban J connectivity index is 2.06. The maximum absolute atomic E-state index is 12.6. The van der Waals surface area contributed by atoms with Crippen molar-refractivity contribution in [2.45, 2.75) is 6.92 Å². The van der Waals surface area contributed by atoms with Gasteiger partial charge < -0.3 is 15.5 Å². The van der Waals surface area contributed by atoms with Gasteiger partial charge in [0.15, 0.2) is 17.1 Å². The SMILES string of the molecule is Cc1ccc(-c2ccccc2)c2c1c(O)c(C(=O)NCC(=O)O)n1ncnc21. The number of hydrogen-bond acceptors (Lipinski definition) is 5. The molecule has 2 heterocycles. The number of fused-ring (bicyclic) bond motifs is 3. The first kappa shape index (κ1) is 17.5. The van der Waals surface area contributed by atoms with E-state index in [2.05, 4.69) is 15.4 Å². The Morgan fingerprint density at radius 3 is 2.57 bits per heavy atom. The van der Waals surface area contributed by atoms with Crippen LogP contribution < -0.4 is 5.32 Å². The number of aromatic nitrogens is 3. The second kappa shape index (κ2) is 6.66. The first-order chi connectivity index (χ1) is 13.5. The van der Waals surface area contributed by atoms with Gasteiger partial charge in [0.1, 0.15) is 12.9 Å². The third-order valence-corrected chi connectivity index (χ3v) is 4.56. The topological polar surface area (TPSA) is 117 Å². The molecule has 0 saturated carbocycles. The molecule has 0 aliphatic carbocycles. The van der Waals surface area contributed by atoms with Gasteiger partial charge in [-0.25, -0.2) is 9.50 Å². The van der Waals surface area contributed by atoms with E-state index in [-0.39, 0.29) is 11.4 Å². The number of aliphatic carboxylic acids is 1. The Bertz CT molecular complexity index is 1230. The summed E-state index contributed by atoms with van der Waals surface area (Å²) in [5.74, 6) is -2.21. The highest BCUT2D eigenvalue weighted by Gasteiger charge is 2.24. The Labute approximate surface area is 159 Å². The van der Waals surface area contributed by atoms with E-state index in [0.717, 1.165) is 16.7 Å². The molecule has 0 fully saturated rings. The first-order valence-electron chi connectivity index (χ1n) is 8.52. The van der Waals surface area contributed by atoms with Crippen LogP contribution >= 0.6 is 0 Å².